The van der Waals surface area contributed by atoms with E-state index in [1.165, 1.54) is 29.7 Å². The second-order valence-corrected chi connectivity index (χ2v) is 11.9. The second kappa shape index (κ2) is 10.7. The Morgan fingerprint density at radius 3 is 2.84 bits per heavy atom. The Balaban J connectivity index is 1.05. The fraction of sp³-hybridized carbons (Fsp3) is 0.364. The third kappa shape index (κ3) is 5.20. The number of benzene rings is 1. The first kappa shape index (κ1) is 27.4. The first-order chi connectivity index (χ1) is 20.8. The summed E-state index contributed by atoms with van der Waals surface area (Å²) < 4.78 is 30.3. The van der Waals surface area contributed by atoms with E-state index < -0.39 is 17.3 Å². The van der Waals surface area contributed by atoms with Crippen molar-refractivity contribution in [3.05, 3.63) is 87.9 Å². The van der Waals surface area contributed by atoms with E-state index in [0.717, 1.165) is 55.5 Å². The van der Waals surface area contributed by atoms with Gasteiger partial charge in [0.25, 0.3) is 11.5 Å². The fourth-order valence-electron chi connectivity index (χ4n) is 6.24. The van der Waals surface area contributed by atoms with Crippen molar-refractivity contribution in [1.29, 1.82) is 0 Å². The molecule has 9 nitrogen and oxygen atoms in total. The number of allylic oxidation sites excluding steroid dienone is 4. The summed E-state index contributed by atoms with van der Waals surface area (Å²) in [5.74, 6) is -0.175. The maximum atomic E-state index is 15.2. The van der Waals surface area contributed by atoms with Crippen LogP contribution in [0.2, 0.25) is 0 Å². The number of aryl methyl sites for hydroxylation is 1. The van der Waals surface area contributed by atoms with Crippen molar-refractivity contribution < 1.29 is 18.7 Å². The van der Waals surface area contributed by atoms with Crippen LogP contribution in [0.5, 0.6) is 11.5 Å². The van der Waals surface area contributed by atoms with Gasteiger partial charge >= 0.3 is 0 Å². The first-order valence-corrected chi connectivity index (χ1v) is 14.9. The molecule has 2 aliphatic carbocycles. The van der Waals surface area contributed by atoms with Crippen LogP contribution in [0.1, 0.15) is 60.3 Å². The van der Waals surface area contributed by atoms with Crippen molar-refractivity contribution in [2.24, 2.45) is 13.0 Å². The van der Waals surface area contributed by atoms with Crippen LogP contribution in [0.3, 0.4) is 0 Å². The third-order valence-electron chi connectivity index (χ3n) is 8.87. The average Bonchev–Trinajstić information content (AvgIpc) is 3.32. The first-order valence-electron chi connectivity index (χ1n) is 14.9. The molecule has 222 valence electrons. The summed E-state index contributed by atoms with van der Waals surface area (Å²) in [6, 6.07) is 7.93. The van der Waals surface area contributed by atoms with Crippen LogP contribution in [0.25, 0.3) is 16.7 Å². The van der Waals surface area contributed by atoms with E-state index in [4.69, 9.17) is 9.47 Å². The van der Waals surface area contributed by atoms with Gasteiger partial charge in [0.15, 0.2) is 11.6 Å². The second-order valence-electron chi connectivity index (χ2n) is 11.9. The molecule has 1 unspecified atom stereocenters. The van der Waals surface area contributed by atoms with Crippen molar-refractivity contribution in [3.63, 3.8) is 0 Å². The third-order valence-corrected chi connectivity index (χ3v) is 8.87. The molecule has 1 aromatic carbocycles. The van der Waals surface area contributed by atoms with E-state index >= 15 is 4.39 Å². The highest BCUT2D eigenvalue weighted by Gasteiger charge is 2.49. The van der Waals surface area contributed by atoms with Crippen LogP contribution in [-0.2, 0) is 18.2 Å². The maximum absolute atomic E-state index is 15.2. The molecule has 4 aromatic rings. The molecule has 1 spiro atoms. The molecule has 43 heavy (non-hydrogen) atoms. The summed E-state index contributed by atoms with van der Waals surface area (Å²) in [6.45, 7) is 2.55. The lowest BCUT2D eigenvalue weighted by Crippen LogP contribution is -2.26. The lowest BCUT2D eigenvalue weighted by Gasteiger charge is -2.11. The number of H-pyrrole nitrogens is 1. The number of nitrogens with one attached hydrogen (secondary N) is 2. The monoisotopic (exact) mass is 583 g/mol. The lowest BCUT2D eigenvalue weighted by molar-refractivity contribution is 0.0869. The molecule has 4 heterocycles. The molecule has 1 aliphatic heterocycles. The number of anilines is 1. The summed E-state index contributed by atoms with van der Waals surface area (Å²) in [5.41, 5.74) is 2.96. The van der Waals surface area contributed by atoms with Crippen molar-refractivity contribution >= 4 is 28.3 Å². The number of pyridine rings is 1. The number of hydrogen-bond donors (Lipinski definition) is 2. The van der Waals surface area contributed by atoms with Crippen LogP contribution < -0.4 is 15.6 Å². The van der Waals surface area contributed by atoms with Gasteiger partial charge in [0.05, 0.1) is 29.0 Å². The number of amides is 1. The molecule has 1 atom stereocenters. The summed E-state index contributed by atoms with van der Waals surface area (Å²) in [4.78, 5) is 34.2. The summed E-state index contributed by atoms with van der Waals surface area (Å²) in [7, 11) is 1.74. The van der Waals surface area contributed by atoms with Gasteiger partial charge in [-0.2, -0.15) is 0 Å². The predicted molar refractivity (Wildman–Crippen MR) is 162 cm³/mol. The number of fused-ring (bicyclic) bond motifs is 1. The standard InChI is InChI=1S/C33H34FN5O4/c1-20-29(32(41)39(38(20)2)24-6-4-3-5-7-24)31(40)37-23-10-11-28(26(34)17-23)43-27-12-15-35-30-25(27)16-22(36-30)9-8-21-18-33(13-14-33)42-19-21/h4,6-7,10-12,15-17,21H,3,5,8-9,13-14,18-19H2,1-2H3,(H,35,36)(H,37,40). The number of carbonyl (C=O) groups is 1. The number of ether oxygens (including phenoxy) is 2. The number of aromatic amines is 1. The molecule has 1 saturated heterocycles. The molecule has 2 fully saturated rings. The fourth-order valence-corrected chi connectivity index (χ4v) is 6.24. The van der Waals surface area contributed by atoms with Crippen molar-refractivity contribution in [1.82, 2.24) is 19.3 Å². The average molecular weight is 584 g/mol. The molecule has 3 aromatic heterocycles. The summed E-state index contributed by atoms with van der Waals surface area (Å²) in [5, 5.41) is 3.44. The molecule has 0 radical (unpaired) electrons. The number of hydrogen-bond acceptors (Lipinski definition) is 5. The van der Waals surface area contributed by atoms with Gasteiger partial charge in [-0.25, -0.2) is 14.1 Å². The Bertz CT molecular complexity index is 1860. The van der Waals surface area contributed by atoms with Crippen LogP contribution in [0, 0.1) is 18.7 Å². The van der Waals surface area contributed by atoms with Crippen LogP contribution in [-0.4, -0.2) is 37.4 Å². The van der Waals surface area contributed by atoms with Crippen LogP contribution >= 0.6 is 0 Å². The minimum Gasteiger partial charge on any atom is -0.453 e. The Kier molecular flexibility index (Phi) is 6.80. The number of nitrogens with zero attached hydrogens (tertiary/aromatic N) is 3. The molecular formula is C33H34FN5O4. The molecule has 0 bridgehead atoms. The van der Waals surface area contributed by atoms with Gasteiger partial charge < -0.3 is 19.8 Å². The van der Waals surface area contributed by atoms with Gasteiger partial charge in [0.1, 0.15) is 17.0 Å². The topological polar surface area (TPSA) is 103 Å². The highest BCUT2D eigenvalue weighted by molar-refractivity contribution is 6.05. The van der Waals surface area contributed by atoms with Gasteiger partial charge in [-0.1, -0.05) is 12.2 Å². The number of rotatable bonds is 8. The Morgan fingerprint density at radius 2 is 2.09 bits per heavy atom. The molecule has 2 N–H and O–H groups in total. The van der Waals surface area contributed by atoms with Crippen molar-refractivity contribution in [2.45, 2.75) is 57.5 Å². The van der Waals surface area contributed by atoms with Gasteiger partial charge in [-0.15, -0.1) is 0 Å². The normalized spacial score (nSPS) is 18.8. The largest absolute Gasteiger partial charge is 0.453 e. The number of halogens is 1. The Labute approximate surface area is 248 Å². The van der Waals surface area contributed by atoms with E-state index in [-0.39, 0.29) is 22.6 Å². The summed E-state index contributed by atoms with van der Waals surface area (Å²) in [6.07, 6.45) is 14.6. The predicted octanol–water partition coefficient (Wildman–Crippen LogP) is 6.25. The van der Waals surface area contributed by atoms with E-state index in [2.05, 4.69) is 15.3 Å². The zero-order valence-electron chi connectivity index (χ0n) is 24.3. The van der Waals surface area contributed by atoms with E-state index in [1.54, 1.807) is 37.0 Å². The zero-order valence-corrected chi connectivity index (χ0v) is 24.3. The van der Waals surface area contributed by atoms with Crippen LogP contribution in [0.15, 0.2) is 59.6 Å². The maximum Gasteiger partial charge on any atom is 0.284 e. The molecule has 1 amide bonds. The SMILES string of the molecule is Cc1c(C(=O)Nc2ccc(Oc3ccnc4[nH]c(CCC5COC6(CC6)C5)cc34)c(F)c2)c(=O)n(C2=CCCC=C2)n1C. The molecule has 7 rings (SSSR count). The molecule has 1 saturated carbocycles. The minimum atomic E-state index is -0.645. The summed E-state index contributed by atoms with van der Waals surface area (Å²) >= 11 is 0. The van der Waals surface area contributed by atoms with Gasteiger partial charge in [0, 0.05) is 30.7 Å². The number of carbonyl (C=O) groups excluding carboxylic acids is 1. The van der Waals surface area contributed by atoms with E-state index in [0.29, 0.717) is 23.0 Å². The van der Waals surface area contributed by atoms with E-state index in [9.17, 15) is 9.59 Å². The highest BCUT2D eigenvalue weighted by Crippen LogP contribution is 2.50. The van der Waals surface area contributed by atoms with Crippen LogP contribution in [0.4, 0.5) is 10.1 Å². The Hall–Kier alpha value is -4.44. The lowest BCUT2D eigenvalue weighted by atomic mass is 9.98. The van der Waals surface area contributed by atoms with E-state index in [1.807, 2.05) is 24.3 Å². The van der Waals surface area contributed by atoms with Gasteiger partial charge in [0.2, 0.25) is 0 Å². The smallest absolute Gasteiger partial charge is 0.284 e. The molecule has 3 aliphatic rings. The zero-order chi connectivity index (χ0) is 29.7. The molecule has 10 heteroatoms. The Morgan fingerprint density at radius 1 is 1.23 bits per heavy atom. The van der Waals surface area contributed by atoms with Gasteiger partial charge in [-0.3, -0.25) is 14.3 Å². The van der Waals surface area contributed by atoms with Gasteiger partial charge in [-0.05, 0) is 88.1 Å². The number of aromatic nitrogens is 4. The quantitative estimate of drug-likeness (QED) is 0.255. The highest BCUT2D eigenvalue weighted by atomic mass is 19.1. The van der Waals surface area contributed by atoms with Crippen molar-refractivity contribution in [2.75, 3.05) is 11.9 Å². The van der Waals surface area contributed by atoms with Crippen molar-refractivity contribution in [3.8, 4) is 11.5 Å². The molecular weight excluding hydrogens is 549 g/mol. The minimum absolute atomic E-state index is 0.0121.